The molecule has 0 saturated carbocycles. The van der Waals surface area contributed by atoms with Crippen molar-refractivity contribution in [3.8, 4) is 0 Å². The Bertz CT molecular complexity index is 181. The third kappa shape index (κ3) is 1.57. The highest BCUT2D eigenvalue weighted by Gasteiger charge is 2.06. The molecule has 0 aromatic heterocycles. The fourth-order valence-corrected chi connectivity index (χ4v) is 0.981. The van der Waals surface area contributed by atoms with E-state index in [0.29, 0.717) is 0 Å². The molecule has 1 aliphatic rings. The average Bonchev–Trinajstić information content (AvgIpc) is 1.85. The predicted octanol–water partition coefficient (Wildman–Crippen LogP) is 0.457. The van der Waals surface area contributed by atoms with Crippen molar-refractivity contribution in [3.05, 3.63) is 11.8 Å². The van der Waals surface area contributed by atoms with Gasteiger partial charge in [-0.25, -0.2) is 0 Å². The number of allylic oxidation sites excluding steroid dienone is 2. The van der Waals surface area contributed by atoms with Crippen LogP contribution in [0.2, 0.25) is 0 Å². The van der Waals surface area contributed by atoms with Crippen molar-refractivity contribution in [3.63, 3.8) is 0 Å². The summed E-state index contributed by atoms with van der Waals surface area (Å²) >= 11 is 0. The van der Waals surface area contributed by atoms with Gasteiger partial charge in [0.05, 0.1) is 0 Å². The number of nitrogens with one attached hydrogen (secondary N) is 2. The fraction of sp³-hybridized carbons (Fsp3) is 0.571. The second kappa shape index (κ2) is 2.84. The summed E-state index contributed by atoms with van der Waals surface area (Å²) in [6.45, 7) is 4.03. The van der Waals surface area contributed by atoms with E-state index in [9.17, 15) is 0 Å². The van der Waals surface area contributed by atoms with Crippen molar-refractivity contribution in [1.29, 1.82) is 0 Å². The van der Waals surface area contributed by atoms with Crippen molar-refractivity contribution >= 4 is 5.71 Å². The topological polar surface area (TPSA) is 36.4 Å². The molecule has 0 amide bonds. The highest BCUT2D eigenvalue weighted by molar-refractivity contribution is 5.93. The van der Waals surface area contributed by atoms with Crippen LogP contribution in [0, 0.1) is 0 Å². The molecule has 1 rings (SSSR count). The van der Waals surface area contributed by atoms with Crippen molar-refractivity contribution < 1.29 is 0 Å². The summed E-state index contributed by atoms with van der Waals surface area (Å²) < 4.78 is 0. The largest absolute Gasteiger partial charge is 0.355 e. The molecule has 56 valence electrons. The molecular formula is C7H13N3. The Balaban J connectivity index is 2.67. The Morgan fingerprint density at radius 2 is 2.30 bits per heavy atom. The quantitative estimate of drug-likeness (QED) is 0.553. The van der Waals surface area contributed by atoms with Gasteiger partial charge in [-0.2, -0.15) is 0 Å². The number of hydrogen-bond acceptors (Lipinski definition) is 3. The second-order valence-electron chi connectivity index (χ2n) is 2.43. The first kappa shape index (κ1) is 7.28. The maximum atomic E-state index is 4.27. The minimum absolute atomic E-state index is 0.0602. The summed E-state index contributed by atoms with van der Waals surface area (Å²) in [4.78, 5) is 4.27. The van der Waals surface area contributed by atoms with Crippen LogP contribution in [0.4, 0.5) is 0 Å². The molecule has 3 nitrogen and oxygen atoms in total. The summed E-state index contributed by atoms with van der Waals surface area (Å²) in [5, 5.41) is 6.18. The zero-order chi connectivity index (χ0) is 7.56. The van der Waals surface area contributed by atoms with Crippen LogP contribution < -0.4 is 10.6 Å². The summed E-state index contributed by atoms with van der Waals surface area (Å²) in [6, 6.07) is 0. The van der Waals surface area contributed by atoms with E-state index in [-0.39, 0.29) is 6.29 Å². The van der Waals surface area contributed by atoms with Gasteiger partial charge in [0.2, 0.25) is 0 Å². The maximum Gasteiger partial charge on any atom is 0.173 e. The lowest BCUT2D eigenvalue weighted by Gasteiger charge is -2.19. The van der Waals surface area contributed by atoms with Gasteiger partial charge < -0.3 is 5.32 Å². The molecule has 2 N–H and O–H groups in total. The van der Waals surface area contributed by atoms with Crippen molar-refractivity contribution in [2.24, 2.45) is 4.99 Å². The molecule has 0 radical (unpaired) electrons. The molecule has 1 unspecified atom stereocenters. The SMILES string of the molecule is CNC1N=C(C)C=C(C)N1. The summed E-state index contributed by atoms with van der Waals surface area (Å²) in [7, 11) is 1.88. The molecule has 1 heterocycles. The van der Waals surface area contributed by atoms with Crippen LogP contribution in [-0.2, 0) is 0 Å². The van der Waals surface area contributed by atoms with E-state index < -0.39 is 0 Å². The zero-order valence-electron chi connectivity index (χ0n) is 6.60. The molecule has 10 heavy (non-hydrogen) atoms. The lowest BCUT2D eigenvalue weighted by molar-refractivity contribution is 0.514. The van der Waals surface area contributed by atoms with Gasteiger partial charge in [-0.1, -0.05) is 0 Å². The van der Waals surface area contributed by atoms with Crippen molar-refractivity contribution in [2.45, 2.75) is 20.1 Å². The average molecular weight is 139 g/mol. The van der Waals surface area contributed by atoms with Gasteiger partial charge in [-0.15, -0.1) is 0 Å². The van der Waals surface area contributed by atoms with Crippen LogP contribution in [0.1, 0.15) is 13.8 Å². The molecule has 0 fully saturated rings. The smallest absolute Gasteiger partial charge is 0.173 e. The van der Waals surface area contributed by atoms with Gasteiger partial charge in [0, 0.05) is 11.4 Å². The second-order valence-corrected chi connectivity index (χ2v) is 2.43. The van der Waals surface area contributed by atoms with Crippen LogP contribution in [0.15, 0.2) is 16.8 Å². The third-order valence-corrected chi connectivity index (χ3v) is 1.40. The van der Waals surface area contributed by atoms with E-state index in [1.165, 1.54) is 0 Å². The van der Waals surface area contributed by atoms with Crippen LogP contribution in [0.3, 0.4) is 0 Å². The molecule has 1 aliphatic heterocycles. The number of hydrogen-bond donors (Lipinski definition) is 2. The van der Waals surface area contributed by atoms with Gasteiger partial charge in [0.1, 0.15) is 0 Å². The molecule has 0 bridgehead atoms. The molecule has 3 heteroatoms. The molecular weight excluding hydrogens is 126 g/mol. The first-order valence-corrected chi connectivity index (χ1v) is 3.39. The van der Waals surface area contributed by atoms with Gasteiger partial charge in [-0.3, -0.25) is 10.3 Å². The Morgan fingerprint density at radius 1 is 1.60 bits per heavy atom. The lowest BCUT2D eigenvalue weighted by atomic mass is 10.3. The Morgan fingerprint density at radius 3 is 2.80 bits per heavy atom. The highest BCUT2D eigenvalue weighted by atomic mass is 15.2. The van der Waals surface area contributed by atoms with Gasteiger partial charge in [0.15, 0.2) is 6.29 Å². The number of aliphatic imine (C=N–C) groups is 1. The van der Waals surface area contributed by atoms with Crippen LogP contribution in [0.25, 0.3) is 0 Å². The first-order chi connectivity index (χ1) is 4.72. The van der Waals surface area contributed by atoms with Gasteiger partial charge >= 0.3 is 0 Å². The predicted molar refractivity (Wildman–Crippen MR) is 42.8 cm³/mol. The van der Waals surface area contributed by atoms with Crippen LogP contribution in [-0.4, -0.2) is 19.0 Å². The summed E-state index contributed by atoms with van der Waals surface area (Å²) in [6.07, 6.45) is 2.08. The zero-order valence-corrected chi connectivity index (χ0v) is 6.60. The summed E-state index contributed by atoms with van der Waals surface area (Å²) in [5.74, 6) is 0. The van der Waals surface area contributed by atoms with Gasteiger partial charge in [0.25, 0.3) is 0 Å². The Labute approximate surface area is 61.2 Å². The number of rotatable bonds is 1. The van der Waals surface area contributed by atoms with E-state index >= 15 is 0 Å². The van der Waals surface area contributed by atoms with E-state index in [4.69, 9.17) is 0 Å². The molecule has 0 aliphatic carbocycles. The molecule has 0 aromatic carbocycles. The molecule has 0 spiro atoms. The van der Waals surface area contributed by atoms with Crippen LogP contribution >= 0.6 is 0 Å². The van der Waals surface area contributed by atoms with Crippen molar-refractivity contribution in [2.75, 3.05) is 7.05 Å². The normalized spacial score (nSPS) is 24.9. The van der Waals surface area contributed by atoms with E-state index in [1.807, 2.05) is 27.0 Å². The fourth-order valence-electron chi connectivity index (χ4n) is 0.981. The number of nitrogens with zero attached hydrogens (tertiary/aromatic N) is 1. The van der Waals surface area contributed by atoms with E-state index in [0.717, 1.165) is 11.4 Å². The third-order valence-electron chi connectivity index (χ3n) is 1.40. The minimum atomic E-state index is 0.0602. The van der Waals surface area contributed by atoms with Crippen molar-refractivity contribution in [1.82, 2.24) is 10.6 Å². The Kier molecular flexibility index (Phi) is 2.06. The monoisotopic (exact) mass is 139 g/mol. The lowest BCUT2D eigenvalue weighted by Crippen LogP contribution is -2.40. The van der Waals surface area contributed by atoms with Gasteiger partial charge in [-0.05, 0) is 27.0 Å². The maximum absolute atomic E-state index is 4.27. The van der Waals surface area contributed by atoms with Crippen LogP contribution in [0.5, 0.6) is 0 Å². The standard InChI is InChI=1S/C7H13N3/c1-5-4-6(2)10-7(8-3)9-5/h4,7-9H,1-3H3. The summed E-state index contributed by atoms with van der Waals surface area (Å²) in [5.41, 5.74) is 2.22. The molecule has 0 saturated heterocycles. The van der Waals surface area contributed by atoms with E-state index in [1.54, 1.807) is 0 Å². The highest BCUT2D eigenvalue weighted by Crippen LogP contribution is 1.99. The minimum Gasteiger partial charge on any atom is -0.355 e. The van der Waals surface area contributed by atoms with E-state index in [2.05, 4.69) is 15.6 Å². The molecule has 0 aromatic rings. The molecule has 1 atom stereocenters. The Hall–Kier alpha value is -0.830. The first-order valence-electron chi connectivity index (χ1n) is 3.39.